The van der Waals surface area contributed by atoms with Gasteiger partial charge in [-0.2, -0.15) is 0 Å². The Morgan fingerprint density at radius 1 is 1.21 bits per heavy atom. The van der Waals surface area contributed by atoms with Crippen LogP contribution in [0.2, 0.25) is 0 Å². The molecule has 0 amide bonds. The van der Waals surface area contributed by atoms with Gasteiger partial charge in [0, 0.05) is 32.2 Å². The fourth-order valence-corrected chi connectivity index (χ4v) is 3.43. The van der Waals surface area contributed by atoms with Gasteiger partial charge in [0.05, 0.1) is 33.9 Å². The molecule has 28 heavy (non-hydrogen) atoms. The standard InChI is InChI=1S/C20H31N3O5/c1-6-28-19(24)15-8-7-11-23(13-15)20(21-2)22-12-14-9-10-16(25-3)18(27-5)17(14)26-4/h9-10,15H,6-8,11-13H2,1-5H3,(H,21,22). The molecular weight excluding hydrogens is 362 g/mol. The molecule has 1 aromatic rings. The second kappa shape index (κ2) is 10.6. The van der Waals surface area contributed by atoms with Gasteiger partial charge in [0.25, 0.3) is 0 Å². The lowest BCUT2D eigenvalue weighted by molar-refractivity contribution is -0.149. The van der Waals surface area contributed by atoms with E-state index >= 15 is 0 Å². The minimum Gasteiger partial charge on any atom is -0.493 e. The van der Waals surface area contributed by atoms with E-state index in [0.29, 0.717) is 36.9 Å². The number of nitrogens with one attached hydrogen (secondary N) is 1. The lowest BCUT2D eigenvalue weighted by Crippen LogP contribution is -2.48. The molecule has 0 bridgehead atoms. The average Bonchev–Trinajstić information content (AvgIpc) is 2.73. The molecule has 1 atom stereocenters. The summed E-state index contributed by atoms with van der Waals surface area (Å²) in [6.07, 6.45) is 1.76. The number of aliphatic imine (C=N–C) groups is 1. The van der Waals surface area contributed by atoms with Crippen molar-refractivity contribution >= 4 is 11.9 Å². The molecule has 0 aromatic heterocycles. The summed E-state index contributed by atoms with van der Waals surface area (Å²) in [5.74, 6) is 2.27. The molecule has 1 N–H and O–H groups in total. The zero-order valence-electron chi connectivity index (χ0n) is 17.4. The summed E-state index contributed by atoms with van der Waals surface area (Å²) in [6.45, 7) is 4.17. The third-order valence-corrected chi connectivity index (χ3v) is 4.78. The molecule has 1 heterocycles. The van der Waals surface area contributed by atoms with Crippen LogP contribution in [0.25, 0.3) is 0 Å². The van der Waals surface area contributed by atoms with Gasteiger partial charge >= 0.3 is 5.97 Å². The van der Waals surface area contributed by atoms with Gasteiger partial charge in [0.15, 0.2) is 17.5 Å². The van der Waals surface area contributed by atoms with Crippen LogP contribution in [0.1, 0.15) is 25.3 Å². The smallest absolute Gasteiger partial charge is 0.310 e. The van der Waals surface area contributed by atoms with Crippen molar-refractivity contribution in [2.45, 2.75) is 26.3 Å². The van der Waals surface area contributed by atoms with Crippen molar-refractivity contribution in [3.05, 3.63) is 17.7 Å². The van der Waals surface area contributed by atoms with Gasteiger partial charge in [-0.25, -0.2) is 0 Å². The third kappa shape index (κ3) is 4.99. The van der Waals surface area contributed by atoms with Gasteiger partial charge in [-0.1, -0.05) is 0 Å². The molecule has 0 spiro atoms. The number of carbonyl (C=O) groups excluding carboxylic acids is 1. The van der Waals surface area contributed by atoms with E-state index in [0.717, 1.165) is 30.9 Å². The number of benzene rings is 1. The highest BCUT2D eigenvalue weighted by atomic mass is 16.5. The minimum absolute atomic E-state index is 0.122. The Balaban J connectivity index is 2.09. The van der Waals surface area contributed by atoms with Gasteiger partial charge in [0.2, 0.25) is 5.75 Å². The lowest BCUT2D eigenvalue weighted by Gasteiger charge is -2.34. The van der Waals surface area contributed by atoms with Gasteiger partial charge in [-0.15, -0.1) is 0 Å². The Hall–Kier alpha value is -2.64. The van der Waals surface area contributed by atoms with E-state index in [1.807, 2.05) is 19.1 Å². The number of methoxy groups -OCH3 is 3. The number of carbonyl (C=O) groups is 1. The topological polar surface area (TPSA) is 81.6 Å². The molecule has 1 unspecified atom stereocenters. The monoisotopic (exact) mass is 393 g/mol. The number of piperidine rings is 1. The Morgan fingerprint density at radius 2 is 1.96 bits per heavy atom. The summed E-state index contributed by atoms with van der Waals surface area (Å²) >= 11 is 0. The normalized spacial score (nSPS) is 17.1. The maximum atomic E-state index is 12.1. The molecule has 2 rings (SSSR count). The van der Waals surface area contributed by atoms with E-state index in [-0.39, 0.29) is 11.9 Å². The Bertz CT molecular complexity index is 693. The molecule has 1 aromatic carbocycles. The Labute approximate surface area is 166 Å². The number of nitrogens with zero attached hydrogens (tertiary/aromatic N) is 2. The van der Waals surface area contributed by atoms with Crippen molar-refractivity contribution in [3.63, 3.8) is 0 Å². The van der Waals surface area contributed by atoms with Crippen LogP contribution in [0.15, 0.2) is 17.1 Å². The summed E-state index contributed by atoms with van der Waals surface area (Å²) in [7, 11) is 6.51. The summed E-state index contributed by atoms with van der Waals surface area (Å²) in [4.78, 5) is 18.6. The van der Waals surface area contributed by atoms with Crippen molar-refractivity contribution in [2.75, 3.05) is 48.1 Å². The predicted molar refractivity (Wildman–Crippen MR) is 107 cm³/mol. The second-order valence-corrected chi connectivity index (χ2v) is 6.43. The maximum Gasteiger partial charge on any atom is 0.310 e. The van der Waals surface area contributed by atoms with Gasteiger partial charge < -0.3 is 29.2 Å². The van der Waals surface area contributed by atoms with E-state index < -0.39 is 0 Å². The number of ether oxygens (including phenoxy) is 4. The summed E-state index contributed by atoms with van der Waals surface area (Å²) in [5, 5.41) is 3.36. The fraction of sp³-hybridized carbons (Fsp3) is 0.600. The van der Waals surface area contributed by atoms with Gasteiger partial charge in [-0.05, 0) is 31.9 Å². The van der Waals surface area contributed by atoms with E-state index in [1.165, 1.54) is 0 Å². The van der Waals surface area contributed by atoms with Gasteiger partial charge in [-0.3, -0.25) is 9.79 Å². The van der Waals surface area contributed by atoms with E-state index in [2.05, 4.69) is 15.2 Å². The van der Waals surface area contributed by atoms with Crippen LogP contribution in [0, 0.1) is 5.92 Å². The molecule has 1 fully saturated rings. The summed E-state index contributed by atoms with van der Waals surface area (Å²) in [5.41, 5.74) is 0.917. The fourth-order valence-electron chi connectivity index (χ4n) is 3.43. The van der Waals surface area contributed by atoms with Crippen molar-refractivity contribution in [1.29, 1.82) is 0 Å². The molecule has 1 aliphatic rings. The predicted octanol–water partition coefficient (Wildman–Crippen LogP) is 2.06. The molecule has 1 aliphatic heterocycles. The minimum atomic E-state index is -0.135. The number of esters is 1. The Kier molecular flexibility index (Phi) is 8.22. The van der Waals surface area contributed by atoms with Crippen LogP contribution in [0.5, 0.6) is 17.2 Å². The highest BCUT2D eigenvalue weighted by Gasteiger charge is 2.28. The van der Waals surface area contributed by atoms with E-state index in [9.17, 15) is 4.79 Å². The van der Waals surface area contributed by atoms with Crippen LogP contribution in [-0.4, -0.2) is 64.9 Å². The number of hydrogen-bond acceptors (Lipinski definition) is 6. The maximum absolute atomic E-state index is 12.1. The molecule has 0 radical (unpaired) electrons. The van der Waals surface area contributed by atoms with Crippen molar-refractivity contribution in [2.24, 2.45) is 10.9 Å². The van der Waals surface area contributed by atoms with Crippen LogP contribution in [0.3, 0.4) is 0 Å². The quantitative estimate of drug-likeness (QED) is 0.431. The number of hydrogen-bond donors (Lipinski definition) is 1. The molecular formula is C20H31N3O5. The van der Waals surface area contributed by atoms with Crippen LogP contribution in [-0.2, 0) is 16.1 Å². The van der Waals surface area contributed by atoms with Crippen molar-refractivity contribution in [3.8, 4) is 17.2 Å². The molecule has 1 saturated heterocycles. The van der Waals surface area contributed by atoms with Crippen LogP contribution < -0.4 is 19.5 Å². The Morgan fingerprint density at radius 3 is 2.57 bits per heavy atom. The highest BCUT2D eigenvalue weighted by molar-refractivity contribution is 5.81. The number of rotatable bonds is 7. The van der Waals surface area contributed by atoms with Crippen LogP contribution >= 0.6 is 0 Å². The zero-order valence-corrected chi connectivity index (χ0v) is 17.4. The molecule has 0 saturated carbocycles. The number of guanidine groups is 1. The SMILES string of the molecule is CCOC(=O)C1CCCN(C(=NC)NCc2ccc(OC)c(OC)c2OC)C1. The highest BCUT2D eigenvalue weighted by Crippen LogP contribution is 2.39. The zero-order chi connectivity index (χ0) is 20.5. The average molecular weight is 393 g/mol. The molecule has 8 heteroatoms. The third-order valence-electron chi connectivity index (χ3n) is 4.78. The first-order chi connectivity index (χ1) is 13.6. The van der Waals surface area contributed by atoms with Crippen molar-refractivity contribution in [1.82, 2.24) is 10.2 Å². The summed E-state index contributed by atoms with van der Waals surface area (Å²) in [6, 6.07) is 3.77. The van der Waals surface area contributed by atoms with E-state index in [1.54, 1.807) is 28.4 Å². The first-order valence-corrected chi connectivity index (χ1v) is 9.49. The molecule has 0 aliphatic carbocycles. The first kappa shape index (κ1) is 21.7. The van der Waals surface area contributed by atoms with E-state index in [4.69, 9.17) is 18.9 Å². The first-order valence-electron chi connectivity index (χ1n) is 9.49. The summed E-state index contributed by atoms with van der Waals surface area (Å²) < 4.78 is 21.5. The molecule has 156 valence electrons. The molecule has 8 nitrogen and oxygen atoms in total. The lowest BCUT2D eigenvalue weighted by atomic mass is 9.98. The number of likely N-dealkylation sites (tertiary alicyclic amines) is 1. The van der Waals surface area contributed by atoms with Gasteiger partial charge in [0.1, 0.15) is 0 Å². The van der Waals surface area contributed by atoms with Crippen molar-refractivity contribution < 1.29 is 23.7 Å². The van der Waals surface area contributed by atoms with Crippen LogP contribution in [0.4, 0.5) is 0 Å². The second-order valence-electron chi connectivity index (χ2n) is 6.43. The largest absolute Gasteiger partial charge is 0.493 e.